The van der Waals surface area contributed by atoms with E-state index in [4.69, 9.17) is 4.74 Å². The van der Waals surface area contributed by atoms with E-state index in [0.717, 1.165) is 54.9 Å². The number of amides is 1. The molecule has 1 aliphatic heterocycles. The number of pyridine rings is 1. The summed E-state index contributed by atoms with van der Waals surface area (Å²) in [5.41, 5.74) is 3.20. The van der Waals surface area contributed by atoms with Crippen LogP contribution in [-0.2, 0) is 17.8 Å². The van der Waals surface area contributed by atoms with E-state index in [1.807, 2.05) is 41.9 Å². The summed E-state index contributed by atoms with van der Waals surface area (Å²) < 4.78 is 7.31. The van der Waals surface area contributed by atoms with E-state index >= 15 is 0 Å². The van der Waals surface area contributed by atoms with Crippen LogP contribution in [0.4, 0.5) is 5.69 Å². The van der Waals surface area contributed by atoms with Crippen LogP contribution in [0, 0.1) is 0 Å². The SMILES string of the molecule is CCn1ncc2c(NC3CCOCC3)c(C(=O)NCc3ccccc3)cnc21. The molecule has 1 aromatic carbocycles. The van der Waals surface area contributed by atoms with Crippen LogP contribution in [0.25, 0.3) is 11.0 Å². The Labute approximate surface area is 164 Å². The highest BCUT2D eigenvalue weighted by molar-refractivity contribution is 6.06. The zero-order chi connectivity index (χ0) is 19.3. The molecule has 1 fully saturated rings. The number of benzene rings is 1. The Hall–Kier alpha value is -2.93. The van der Waals surface area contributed by atoms with Gasteiger partial charge in [-0.1, -0.05) is 30.3 Å². The summed E-state index contributed by atoms with van der Waals surface area (Å²) >= 11 is 0. The molecule has 2 N–H and O–H groups in total. The first-order chi connectivity index (χ1) is 13.8. The second-order valence-electron chi connectivity index (χ2n) is 6.94. The number of nitrogens with zero attached hydrogens (tertiary/aromatic N) is 3. The molecule has 2 aromatic heterocycles. The molecule has 4 rings (SSSR count). The number of anilines is 1. The Morgan fingerprint density at radius 2 is 2.00 bits per heavy atom. The largest absolute Gasteiger partial charge is 0.381 e. The minimum absolute atomic E-state index is 0.142. The van der Waals surface area contributed by atoms with Gasteiger partial charge in [-0.25, -0.2) is 9.67 Å². The van der Waals surface area contributed by atoms with Crippen LogP contribution in [0.3, 0.4) is 0 Å². The number of carbonyl (C=O) groups excluding carboxylic acids is 1. The van der Waals surface area contributed by atoms with E-state index in [2.05, 4.69) is 20.7 Å². The fourth-order valence-corrected chi connectivity index (χ4v) is 3.51. The molecule has 0 unspecified atom stereocenters. The molecule has 28 heavy (non-hydrogen) atoms. The van der Waals surface area contributed by atoms with Crippen LogP contribution in [0.5, 0.6) is 0 Å². The Balaban J connectivity index is 1.63. The molecule has 7 nitrogen and oxygen atoms in total. The van der Waals surface area contributed by atoms with Crippen LogP contribution in [0.1, 0.15) is 35.7 Å². The number of hydrogen-bond acceptors (Lipinski definition) is 5. The van der Waals surface area contributed by atoms with Gasteiger partial charge in [0.1, 0.15) is 0 Å². The summed E-state index contributed by atoms with van der Waals surface area (Å²) in [6.07, 6.45) is 5.27. The molecule has 3 aromatic rings. The zero-order valence-electron chi connectivity index (χ0n) is 16.0. The van der Waals surface area contributed by atoms with Gasteiger partial charge in [0.2, 0.25) is 0 Å². The molecule has 0 bridgehead atoms. The Bertz CT molecular complexity index is 948. The molecule has 7 heteroatoms. The lowest BCUT2D eigenvalue weighted by Gasteiger charge is -2.25. The standard InChI is InChI=1S/C21H25N5O2/c1-2-26-20-17(14-24-26)19(25-16-8-10-28-11-9-16)18(13-22-20)21(27)23-12-15-6-4-3-5-7-15/h3-7,13-14,16H,2,8-12H2,1H3,(H,22,25)(H,23,27). The molecule has 1 saturated heterocycles. The van der Waals surface area contributed by atoms with Gasteiger partial charge in [0.05, 0.1) is 22.8 Å². The quantitative estimate of drug-likeness (QED) is 0.688. The van der Waals surface area contributed by atoms with Crippen LogP contribution in [0.2, 0.25) is 0 Å². The normalized spacial score (nSPS) is 14.9. The van der Waals surface area contributed by atoms with Crippen molar-refractivity contribution in [2.45, 2.75) is 38.9 Å². The highest BCUT2D eigenvalue weighted by Crippen LogP contribution is 2.28. The number of carbonyl (C=O) groups is 1. The lowest BCUT2D eigenvalue weighted by Crippen LogP contribution is -2.30. The first kappa shape index (κ1) is 18.4. The van der Waals surface area contributed by atoms with Crippen molar-refractivity contribution >= 4 is 22.6 Å². The fraction of sp³-hybridized carbons (Fsp3) is 0.381. The van der Waals surface area contributed by atoms with Crippen LogP contribution in [0.15, 0.2) is 42.7 Å². The number of aryl methyl sites for hydroxylation is 1. The van der Waals surface area contributed by atoms with Gasteiger partial charge >= 0.3 is 0 Å². The summed E-state index contributed by atoms with van der Waals surface area (Å²) in [5.74, 6) is -0.142. The third-order valence-corrected chi connectivity index (χ3v) is 5.08. The van der Waals surface area contributed by atoms with Gasteiger partial charge in [0, 0.05) is 38.5 Å². The van der Waals surface area contributed by atoms with E-state index in [1.54, 1.807) is 12.4 Å². The zero-order valence-corrected chi connectivity index (χ0v) is 16.0. The maximum absolute atomic E-state index is 13.0. The van der Waals surface area contributed by atoms with Gasteiger partial charge in [-0.2, -0.15) is 5.10 Å². The van der Waals surface area contributed by atoms with Crippen molar-refractivity contribution < 1.29 is 9.53 Å². The van der Waals surface area contributed by atoms with Gasteiger partial charge in [0.15, 0.2) is 5.65 Å². The third-order valence-electron chi connectivity index (χ3n) is 5.08. The van der Waals surface area contributed by atoms with Crippen molar-refractivity contribution in [3.05, 3.63) is 53.9 Å². The van der Waals surface area contributed by atoms with Crippen LogP contribution >= 0.6 is 0 Å². The molecule has 0 aliphatic carbocycles. The first-order valence-electron chi connectivity index (χ1n) is 9.77. The summed E-state index contributed by atoms with van der Waals surface area (Å²) in [4.78, 5) is 17.5. The smallest absolute Gasteiger partial charge is 0.255 e. The molecule has 0 atom stereocenters. The maximum atomic E-state index is 13.0. The number of ether oxygens (including phenoxy) is 1. The summed E-state index contributed by atoms with van der Waals surface area (Å²) in [6.45, 7) is 4.70. The number of rotatable bonds is 6. The first-order valence-corrected chi connectivity index (χ1v) is 9.77. The number of fused-ring (bicyclic) bond motifs is 1. The lowest BCUT2D eigenvalue weighted by atomic mass is 10.1. The second-order valence-corrected chi connectivity index (χ2v) is 6.94. The maximum Gasteiger partial charge on any atom is 0.255 e. The average Bonchev–Trinajstić information content (AvgIpc) is 3.17. The molecule has 0 saturated carbocycles. The summed E-state index contributed by atoms with van der Waals surface area (Å²) in [6, 6.07) is 10.1. The molecular weight excluding hydrogens is 354 g/mol. The van der Waals surface area contributed by atoms with Crippen LogP contribution < -0.4 is 10.6 Å². The van der Waals surface area contributed by atoms with Gasteiger partial charge in [-0.3, -0.25) is 4.79 Å². The molecule has 1 aliphatic rings. The van der Waals surface area contributed by atoms with Gasteiger partial charge in [-0.05, 0) is 25.3 Å². The topological polar surface area (TPSA) is 81.1 Å². The number of nitrogens with one attached hydrogen (secondary N) is 2. The van der Waals surface area contributed by atoms with E-state index in [9.17, 15) is 4.79 Å². The summed E-state index contributed by atoms with van der Waals surface area (Å²) in [7, 11) is 0. The van der Waals surface area contributed by atoms with E-state index in [1.165, 1.54) is 0 Å². The number of hydrogen-bond donors (Lipinski definition) is 2. The van der Waals surface area contributed by atoms with Crippen molar-refractivity contribution in [2.24, 2.45) is 0 Å². The average molecular weight is 379 g/mol. The Morgan fingerprint density at radius 3 is 2.75 bits per heavy atom. The Morgan fingerprint density at radius 1 is 1.21 bits per heavy atom. The molecule has 3 heterocycles. The van der Waals surface area contributed by atoms with Crippen molar-refractivity contribution in [3.63, 3.8) is 0 Å². The van der Waals surface area contributed by atoms with Gasteiger partial charge < -0.3 is 15.4 Å². The van der Waals surface area contributed by atoms with Crippen molar-refractivity contribution in [2.75, 3.05) is 18.5 Å². The molecule has 0 radical (unpaired) electrons. The van der Waals surface area contributed by atoms with E-state index in [0.29, 0.717) is 12.1 Å². The Kier molecular flexibility index (Phi) is 5.53. The van der Waals surface area contributed by atoms with Crippen LogP contribution in [-0.4, -0.2) is 39.9 Å². The monoisotopic (exact) mass is 379 g/mol. The van der Waals surface area contributed by atoms with Gasteiger partial charge in [0.25, 0.3) is 5.91 Å². The highest BCUT2D eigenvalue weighted by Gasteiger charge is 2.22. The minimum atomic E-state index is -0.142. The van der Waals surface area contributed by atoms with E-state index < -0.39 is 0 Å². The molecule has 1 amide bonds. The molecular formula is C21H25N5O2. The molecule has 0 spiro atoms. The second kappa shape index (κ2) is 8.39. The van der Waals surface area contributed by atoms with Crippen molar-refractivity contribution in [3.8, 4) is 0 Å². The van der Waals surface area contributed by atoms with Crippen molar-refractivity contribution in [1.82, 2.24) is 20.1 Å². The summed E-state index contributed by atoms with van der Waals surface area (Å²) in [5, 5.41) is 11.9. The van der Waals surface area contributed by atoms with Crippen molar-refractivity contribution in [1.29, 1.82) is 0 Å². The van der Waals surface area contributed by atoms with E-state index in [-0.39, 0.29) is 11.9 Å². The minimum Gasteiger partial charge on any atom is -0.381 e. The third kappa shape index (κ3) is 3.84. The lowest BCUT2D eigenvalue weighted by molar-refractivity contribution is 0.0904. The van der Waals surface area contributed by atoms with Gasteiger partial charge in [-0.15, -0.1) is 0 Å². The highest BCUT2D eigenvalue weighted by atomic mass is 16.5. The molecule has 146 valence electrons. The fourth-order valence-electron chi connectivity index (χ4n) is 3.51. The number of aromatic nitrogens is 3. The predicted molar refractivity (Wildman–Crippen MR) is 108 cm³/mol. The predicted octanol–water partition coefficient (Wildman–Crippen LogP) is 2.97.